The van der Waals surface area contributed by atoms with Crippen molar-refractivity contribution in [1.29, 1.82) is 0 Å². The van der Waals surface area contributed by atoms with Crippen molar-refractivity contribution in [2.24, 2.45) is 0 Å². The van der Waals surface area contributed by atoms with Crippen LogP contribution in [0.25, 0.3) is 0 Å². The first kappa shape index (κ1) is 13.7. The van der Waals surface area contributed by atoms with Gasteiger partial charge in [-0.05, 0) is 13.8 Å². The predicted octanol–water partition coefficient (Wildman–Crippen LogP) is 0.926. The summed E-state index contributed by atoms with van der Waals surface area (Å²) in [6.07, 6.45) is -4.28. The first-order valence-corrected chi connectivity index (χ1v) is 4.33. The molecule has 1 unspecified atom stereocenters. The monoisotopic (exact) mass is 215 g/mol. The number of ether oxygens (including phenoxy) is 1. The summed E-state index contributed by atoms with van der Waals surface area (Å²) in [5, 5.41) is 11.1. The molecule has 0 spiro atoms. The van der Waals surface area contributed by atoms with Gasteiger partial charge < -0.3 is 9.84 Å². The molecule has 86 valence electrons. The Morgan fingerprint density at radius 3 is 2.29 bits per heavy atom. The smallest absolute Gasteiger partial charge is 0.394 e. The molecule has 0 fully saturated rings. The van der Waals surface area contributed by atoms with E-state index in [4.69, 9.17) is 9.84 Å². The van der Waals surface area contributed by atoms with Crippen LogP contribution in [0, 0.1) is 0 Å². The molecule has 0 saturated heterocycles. The molecule has 0 aliphatic heterocycles. The van der Waals surface area contributed by atoms with Gasteiger partial charge in [0, 0.05) is 6.61 Å². The van der Waals surface area contributed by atoms with Crippen molar-refractivity contribution < 1.29 is 23.0 Å². The fourth-order valence-corrected chi connectivity index (χ4v) is 0.794. The van der Waals surface area contributed by atoms with Crippen LogP contribution in [0.5, 0.6) is 0 Å². The molecule has 6 heteroatoms. The standard InChI is InChI=1S/C8H16F3NO2/c1-3-14-6-7(2,5-13)12-4-8(9,10)11/h12-13H,3-6H2,1-2H3. The maximum absolute atomic E-state index is 11.9. The van der Waals surface area contributed by atoms with Crippen LogP contribution in [0.3, 0.4) is 0 Å². The molecule has 3 nitrogen and oxygen atoms in total. The van der Waals surface area contributed by atoms with Crippen molar-refractivity contribution in [2.75, 3.05) is 26.4 Å². The average Bonchev–Trinajstić information content (AvgIpc) is 2.10. The number of aliphatic hydroxyl groups is 1. The van der Waals surface area contributed by atoms with Crippen LogP contribution in [0.4, 0.5) is 13.2 Å². The van der Waals surface area contributed by atoms with Crippen molar-refractivity contribution in [1.82, 2.24) is 5.32 Å². The Kier molecular flexibility index (Phi) is 5.40. The maximum Gasteiger partial charge on any atom is 0.401 e. The van der Waals surface area contributed by atoms with E-state index in [1.807, 2.05) is 0 Å². The van der Waals surface area contributed by atoms with Crippen LogP contribution in [0.15, 0.2) is 0 Å². The second kappa shape index (κ2) is 5.53. The molecule has 0 aliphatic carbocycles. The molecule has 0 saturated carbocycles. The summed E-state index contributed by atoms with van der Waals surface area (Å²) in [5.74, 6) is 0. The molecule has 0 bridgehead atoms. The quantitative estimate of drug-likeness (QED) is 0.692. The third-order valence-electron chi connectivity index (χ3n) is 1.69. The lowest BCUT2D eigenvalue weighted by Crippen LogP contribution is -2.52. The van der Waals surface area contributed by atoms with E-state index >= 15 is 0 Å². The summed E-state index contributed by atoms with van der Waals surface area (Å²) < 4.78 is 40.5. The second-order valence-electron chi connectivity index (χ2n) is 3.32. The summed E-state index contributed by atoms with van der Waals surface area (Å²) >= 11 is 0. The van der Waals surface area contributed by atoms with Gasteiger partial charge in [-0.15, -0.1) is 0 Å². The number of rotatable bonds is 6. The Morgan fingerprint density at radius 2 is 1.93 bits per heavy atom. The Bertz CT molecular complexity index is 163. The number of halogens is 3. The normalized spacial score (nSPS) is 16.7. The lowest BCUT2D eigenvalue weighted by molar-refractivity contribution is -0.131. The molecule has 2 N–H and O–H groups in total. The van der Waals surface area contributed by atoms with Gasteiger partial charge in [-0.3, -0.25) is 5.32 Å². The minimum Gasteiger partial charge on any atom is -0.394 e. The number of nitrogens with one attached hydrogen (secondary N) is 1. The van der Waals surface area contributed by atoms with E-state index in [0.717, 1.165) is 0 Å². The topological polar surface area (TPSA) is 41.5 Å². The van der Waals surface area contributed by atoms with Crippen molar-refractivity contribution >= 4 is 0 Å². The molecule has 0 heterocycles. The van der Waals surface area contributed by atoms with E-state index in [2.05, 4.69) is 5.32 Å². The van der Waals surface area contributed by atoms with Crippen molar-refractivity contribution in [3.63, 3.8) is 0 Å². The average molecular weight is 215 g/mol. The van der Waals surface area contributed by atoms with Gasteiger partial charge in [0.05, 0.1) is 25.3 Å². The van der Waals surface area contributed by atoms with Gasteiger partial charge in [0.15, 0.2) is 0 Å². The first-order valence-electron chi connectivity index (χ1n) is 4.33. The Morgan fingerprint density at radius 1 is 1.36 bits per heavy atom. The molecule has 0 rings (SSSR count). The van der Waals surface area contributed by atoms with Gasteiger partial charge >= 0.3 is 6.18 Å². The van der Waals surface area contributed by atoms with Crippen LogP contribution < -0.4 is 5.32 Å². The fourth-order valence-electron chi connectivity index (χ4n) is 0.794. The fraction of sp³-hybridized carbons (Fsp3) is 1.00. The van der Waals surface area contributed by atoms with E-state index in [1.54, 1.807) is 6.92 Å². The predicted molar refractivity (Wildman–Crippen MR) is 46.0 cm³/mol. The molecule has 0 radical (unpaired) electrons. The highest BCUT2D eigenvalue weighted by Crippen LogP contribution is 2.14. The van der Waals surface area contributed by atoms with Gasteiger partial charge in [0.1, 0.15) is 0 Å². The highest BCUT2D eigenvalue weighted by atomic mass is 19.4. The molecule has 0 amide bonds. The number of aliphatic hydroxyl groups excluding tert-OH is 1. The number of hydrogen-bond donors (Lipinski definition) is 2. The zero-order valence-electron chi connectivity index (χ0n) is 8.32. The second-order valence-corrected chi connectivity index (χ2v) is 3.32. The molecule has 0 aromatic heterocycles. The Hall–Kier alpha value is -0.330. The van der Waals surface area contributed by atoms with Crippen LogP contribution in [0.1, 0.15) is 13.8 Å². The molecule has 1 atom stereocenters. The SMILES string of the molecule is CCOCC(C)(CO)NCC(F)(F)F. The number of hydrogen-bond acceptors (Lipinski definition) is 3. The van der Waals surface area contributed by atoms with Crippen LogP contribution in [-0.2, 0) is 4.74 Å². The first-order chi connectivity index (χ1) is 6.33. The van der Waals surface area contributed by atoms with Gasteiger partial charge in [-0.1, -0.05) is 0 Å². The minimum atomic E-state index is -4.28. The zero-order chi connectivity index (χ0) is 11.2. The van der Waals surface area contributed by atoms with Gasteiger partial charge in [0.25, 0.3) is 0 Å². The van der Waals surface area contributed by atoms with Crippen molar-refractivity contribution in [2.45, 2.75) is 25.6 Å². The van der Waals surface area contributed by atoms with Crippen LogP contribution >= 0.6 is 0 Å². The third-order valence-corrected chi connectivity index (χ3v) is 1.69. The summed E-state index contributed by atoms with van der Waals surface area (Å²) in [5.41, 5.74) is -1.04. The van der Waals surface area contributed by atoms with E-state index in [1.165, 1.54) is 6.92 Å². The summed E-state index contributed by atoms with van der Waals surface area (Å²) in [4.78, 5) is 0. The lowest BCUT2D eigenvalue weighted by Gasteiger charge is -2.28. The van der Waals surface area contributed by atoms with Crippen molar-refractivity contribution in [3.05, 3.63) is 0 Å². The minimum absolute atomic E-state index is 0.0517. The van der Waals surface area contributed by atoms with Gasteiger partial charge in [-0.2, -0.15) is 13.2 Å². The van der Waals surface area contributed by atoms with E-state index < -0.39 is 24.9 Å². The highest BCUT2D eigenvalue weighted by Gasteiger charge is 2.32. The lowest BCUT2D eigenvalue weighted by atomic mass is 10.1. The molecular weight excluding hydrogens is 199 g/mol. The van der Waals surface area contributed by atoms with Crippen molar-refractivity contribution in [3.8, 4) is 0 Å². The molecular formula is C8H16F3NO2. The third kappa shape index (κ3) is 6.17. The highest BCUT2D eigenvalue weighted by molar-refractivity contribution is 4.83. The van der Waals surface area contributed by atoms with E-state index in [0.29, 0.717) is 6.61 Å². The van der Waals surface area contributed by atoms with Gasteiger partial charge in [0.2, 0.25) is 0 Å². The van der Waals surface area contributed by atoms with E-state index in [-0.39, 0.29) is 6.61 Å². The van der Waals surface area contributed by atoms with E-state index in [9.17, 15) is 13.2 Å². The van der Waals surface area contributed by atoms with Crippen LogP contribution in [0.2, 0.25) is 0 Å². The molecule has 0 aliphatic rings. The maximum atomic E-state index is 11.9. The largest absolute Gasteiger partial charge is 0.401 e. The zero-order valence-corrected chi connectivity index (χ0v) is 8.32. The Balaban J connectivity index is 3.98. The van der Waals surface area contributed by atoms with Gasteiger partial charge in [-0.25, -0.2) is 0 Å². The molecule has 0 aromatic rings. The summed E-state index contributed by atoms with van der Waals surface area (Å²) in [7, 11) is 0. The molecule has 14 heavy (non-hydrogen) atoms. The molecule has 0 aromatic carbocycles. The van der Waals surface area contributed by atoms with Crippen LogP contribution in [-0.4, -0.2) is 43.2 Å². The summed E-state index contributed by atoms with van der Waals surface area (Å²) in [6, 6.07) is 0. The summed E-state index contributed by atoms with van der Waals surface area (Å²) in [6.45, 7) is 2.15. The Labute approximate surface area is 81.2 Å². The number of alkyl halides is 3.